The lowest BCUT2D eigenvalue weighted by molar-refractivity contribution is -0.0501. The number of hydrogen-bond acceptors (Lipinski definition) is 4. The molecule has 0 aliphatic carbocycles. The molecule has 1 rings (SSSR count). The topological polar surface area (TPSA) is 59.3 Å². The van der Waals surface area contributed by atoms with Gasteiger partial charge < -0.3 is 9.47 Å². The Morgan fingerprint density at radius 1 is 1.47 bits per heavy atom. The average Bonchev–Trinajstić information content (AvgIpc) is 2.26. The molecule has 0 atom stereocenters. The Balaban J connectivity index is 3.29. The number of nitriles is 1. The summed E-state index contributed by atoms with van der Waals surface area (Å²) in [6, 6.07) is 4.18. The van der Waals surface area contributed by atoms with Crippen molar-refractivity contribution < 1.29 is 23.0 Å². The van der Waals surface area contributed by atoms with Gasteiger partial charge in [0, 0.05) is 0 Å². The summed E-state index contributed by atoms with van der Waals surface area (Å²) in [4.78, 5) is 11.3. The van der Waals surface area contributed by atoms with E-state index in [2.05, 4.69) is 9.47 Å². The molecule has 0 bridgehead atoms. The van der Waals surface area contributed by atoms with Crippen LogP contribution in [0, 0.1) is 18.3 Å². The zero-order valence-electron chi connectivity index (χ0n) is 9.16. The van der Waals surface area contributed by atoms with Gasteiger partial charge in [-0.05, 0) is 24.6 Å². The molecule has 0 saturated carbocycles. The van der Waals surface area contributed by atoms with Crippen molar-refractivity contribution in [3.8, 4) is 11.8 Å². The van der Waals surface area contributed by atoms with Gasteiger partial charge in [-0.3, -0.25) is 0 Å². The van der Waals surface area contributed by atoms with E-state index in [0.717, 1.165) is 6.07 Å². The van der Waals surface area contributed by atoms with Gasteiger partial charge in [-0.15, -0.1) is 0 Å². The molecular formula is C11H9F2NO3. The van der Waals surface area contributed by atoms with Crippen LogP contribution in [0.25, 0.3) is 0 Å². The molecule has 1 aromatic carbocycles. The van der Waals surface area contributed by atoms with Crippen LogP contribution < -0.4 is 4.74 Å². The highest BCUT2D eigenvalue weighted by Gasteiger charge is 2.16. The number of nitrogens with zero attached hydrogens (tertiary/aromatic N) is 1. The Morgan fingerprint density at radius 2 is 2.12 bits per heavy atom. The van der Waals surface area contributed by atoms with Crippen molar-refractivity contribution in [1.82, 2.24) is 0 Å². The highest BCUT2D eigenvalue weighted by molar-refractivity contribution is 5.90. The van der Waals surface area contributed by atoms with Gasteiger partial charge in [-0.25, -0.2) is 4.79 Å². The molecule has 90 valence electrons. The van der Waals surface area contributed by atoms with Crippen LogP contribution in [0.4, 0.5) is 8.78 Å². The third-order valence-electron chi connectivity index (χ3n) is 2.05. The second kappa shape index (κ2) is 5.25. The van der Waals surface area contributed by atoms with Gasteiger partial charge in [0.1, 0.15) is 11.8 Å². The van der Waals surface area contributed by atoms with Crippen LogP contribution in [-0.4, -0.2) is 19.7 Å². The predicted molar refractivity (Wildman–Crippen MR) is 53.9 cm³/mol. The molecule has 4 nitrogen and oxygen atoms in total. The minimum absolute atomic E-state index is 0.0297. The normalized spacial score (nSPS) is 9.88. The van der Waals surface area contributed by atoms with Crippen LogP contribution in [0.15, 0.2) is 12.1 Å². The first-order chi connectivity index (χ1) is 7.99. The van der Waals surface area contributed by atoms with Crippen LogP contribution in [-0.2, 0) is 4.74 Å². The second-order valence-corrected chi connectivity index (χ2v) is 3.15. The number of methoxy groups -OCH3 is 1. The highest BCUT2D eigenvalue weighted by atomic mass is 19.3. The van der Waals surface area contributed by atoms with Crippen molar-refractivity contribution in [1.29, 1.82) is 5.26 Å². The number of carbonyl (C=O) groups is 1. The molecule has 0 spiro atoms. The number of alkyl halides is 2. The summed E-state index contributed by atoms with van der Waals surface area (Å²) in [6.45, 7) is -1.54. The van der Waals surface area contributed by atoms with E-state index in [9.17, 15) is 13.6 Å². The number of hydrogen-bond donors (Lipinski definition) is 0. The smallest absolute Gasteiger partial charge is 0.387 e. The number of halogens is 2. The first-order valence-electron chi connectivity index (χ1n) is 4.57. The van der Waals surface area contributed by atoms with Gasteiger partial charge >= 0.3 is 12.6 Å². The van der Waals surface area contributed by atoms with Crippen molar-refractivity contribution in [3.05, 3.63) is 28.8 Å². The largest absolute Gasteiger partial charge is 0.465 e. The van der Waals surface area contributed by atoms with E-state index >= 15 is 0 Å². The fourth-order valence-corrected chi connectivity index (χ4v) is 1.32. The molecule has 0 radical (unpaired) electrons. The molecule has 0 heterocycles. The first-order valence-corrected chi connectivity index (χ1v) is 4.57. The standard InChI is InChI=1S/C11H9F2NO3/c1-6-3-7(10(15)16-2)4-9(8(6)5-14)17-11(12)13/h3-4,11H,1-2H3. The molecular weight excluding hydrogens is 232 g/mol. The van der Waals surface area contributed by atoms with Crippen LogP contribution >= 0.6 is 0 Å². The van der Waals surface area contributed by atoms with E-state index in [-0.39, 0.29) is 16.9 Å². The monoisotopic (exact) mass is 241 g/mol. The summed E-state index contributed by atoms with van der Waals surface area (Å²) in [5.41, 5.74) is 0.392. The third-order valence-corrected chi connectivity index (χ3v) is 2.05. The number of rotatable bonds is 3. The Morgan fingerprint density at radius 3 is 2.59 bits per heavy atom. The number of aryl methyl sites for hydroxylation is 1. The molecule has 0 unspecified atom stereocenters. The minimum Gasteiger partial charge on any atom is -0.465 e. The molecule has 17 heavy (non-hydrogen) atoms. The Bertz CT molecular complexity index is 480. The van der Waals surface area contributed by atoms with Crippen molar-refractivity contribution in [2.24, 2.45) is 0 Å². The average molecular weight is 241 g/mol. The van der Waals surface area contributed by atoms with Gasteiger partial charge in [0.2, 0.25) is 0 Å². The molecule has 0 N–H and O–H groups in total. The lowest BCUT2D eigenvalue weighted by Gasteiger charge is -2.10. The second-order valence-electron chi connectivity index (χ2n) is 3.15. The van der Waals surface area contributed by atoms with Crippen molar-refractivity contribution in [2.45, 2.75) is 13.5 Å². The molecule has 0 amide bonds. The maximum Gasteiger partial charge on any atom is 0.387 e. The summed E-state index contributed by atoms with van der Waals surface area (Å²) in [6.07, 6.45) is 0. The lowest BCUT2D eigenvalue weighted by atomic mass is 10.0. The van der Waals surface area contributed by atoms with Gasteiger partial charge in [0.25, 0.3) is 0 Å². The van der Waals surface area contributed by atoms with Crippen LogP contribution in [0.3, 0.4) is 0 Å². The van der Waals surface area contributed by atoms with E-state index in [1.807, 2.05) is 0 Å². The Labute approximate surface area is 96.4 Å². The SMILES string of the molecule is COC(=O)c1cc(C)c(C#N)c(OC(F)F)c1. The fourth-order valence-electron chi connectivity index (χ4n) is 1.32. The first kappa shape index (κ1) is 12.9. The summed E-state index contributed by atoms with van der Waals surface area (Å²) < 4.78 is 32.9. The minimum atomic E-state index is -3.06. The van der Waals surface area contributed by atoms with E-state index < -0.39 is 12.6 Å². The van der Waals surface area contributed by atoms with Crippen molar-refractivity contribution in [3.63, 3.8) is 0 Å². The van der Waals surface area contributed by atoms with Gasteiger partial charge in [-0.1, -0.05) is 0 Å². The van der Waals surface area contributed by atoms with E-state index in [4.69, 9.17) is 5.26 Å². The Hall–Kier alpha value is -2.16. The lowest BCUT2D eigenvalue weighted by Crippen LogP contribution is -2.08. The maximum atomic E-state index is 12.1. The fraction of sp³-hybridized carbons (Fsp3) is 0.273. The number of benzene rings is 1. The number of carbonyl (C=O) groups excluding carboxylic acids is 1. The van der Waals surface area contributed by atoms with E-state index in [1.165, 1.54) is 20.1 Å². The zero-order chi connectivity index (χ0) is 13.0. The van der Waals surface area contributed by atoms with Crippen molar-refractivity contribution >= 4 is 5.97 Å². The van der Waals surface area contributed by atoms with E-state index in [1.54, 1.807) is 6.07 Å². The van der Waals surface area contributed by atoms with Crippen molar-refractivity contribution in [2.75, 3.05) is 7.11 Å². The summed E-state index contributed by atoms with van der Waals surface area (Å²) in [5.74, 6) is -1.01. The van der Waals surface area contributed by atoms with Gasteiger partial charge in [0.05, 0.1) is 18.2 Å². The maximum absolute atomic E-state index is 12.1. The summed E-state index contributed by atoms with van der Waals surface area (Å²) in [5, 5.41) is 8.81. The molecule has 0 saturated heterocycles. The van der Waals surface area contributed by atoms with Gasteiger partial charge in [0.15, 0.2) is 0 Å². The summed E-state index contributed by atoms with van der Waals surface area (Å²) in [7, 11) is 1.17. The molecule has 6 heteroatoms. The molecule has 0 aromatic heterocycles. The molecule has 0 aliphatic heterocycles. The quantitative estimate of drug-likeness (QED) is 0.761. The van der Waals surface area contributed by atoms with Crippen LogP contribution in [0.2, 0.25) is 0 Å². The van der Waals surface area contributed by atoms with Crippen LogP contribution in [0.1, 0.15) is 21.5 Å². The van der Waals surface area contributed by atoms with Gasteiger partial charge in [-0.2, -0.15) is 14.0 Å². The highest BCUT2D eigenvalue weighted by Crippen LogP contribution is 2.25. The third kappa shape index (κ3) is 2.91. The molecule has 0 fully saturated rings. The van der Waals surface area contributed by atoms with Crippen LogP contribution in [0.5, 0.6) is 5.75 Å². The molecule has 0 aliphatic rings. The predicted octanol–water partition coefficient (Wildman–Crippen LogP) is 2.25. The van der Waals surface area contributed by atoms with E-state index in [0.29, 0.717) is 5.56 Å². The molecule has 1 aromatic rings. The number of ether oxygens (including phenoxy) is 2. The number of esters is 1. The zero-order valence-corrected chi connectivity index (χ0v) is 9.16. The Kier molecular flexibility index (Phi) is 3.99. The summed E-state index contributed by atoms with van der Waals surface area (Å²) >= 11 is 0.